The van der Waals surface area contributed by atoms with E-state index in [1.54, 1.807) is 0 Å². The van der Waals surface area contributed by atoms with Crippen molar-refractivity contribution < 1.29 is 23.9 Å². The largest absolute Gasteiger partial charge is 0.490 e. The Kier molecular flexibility index (Phi) is 6.31. The molecule has 8 heteroatoms. The van der Waals surface area contributed by atoms with Gasteiger partial charge in [0, 0.05) is 6.42 Å². The Balaban J connectivity index is 1.47. The van der Waals surface area contributed by atoms with Crippen LogP contribution < -0.4 is 20.1 Å². The lowest BCUT2D eigenvalue weighted by atomic mass is 9.73. The molecular formula is C24H33N3O5. The second-order valence-corrected chi connectivity index (χ2v) is 9.49. The summed E-state index contributed by atoms with van der Waals surface area (Å²) in [5.74, 6) is 0.886. The molecule has 8 nitrogen and oxygen atoms in total. The molecule has 0 aromatic heterocycles. The van der Waals surface area contributed by atoms with E-state index in [4.69, 9.17) is 9.47 Å². The summed E-state index contributed by atoms with van der Waals surface area (Å²) >= 11 is 0. The fraction of sp³-hybridized carbons (Fsp3) is 0.625. The van der Waals surface area contributed by atoms with Crippen molar-refractivity contribution >= 4 is 17.8 Å². The number of amides is 4. The summed E-state index contributed by atoms with van der Waals surface area (Å²) in [5.41, 5.74) is 0.0358. The van der Waals surface area contributed by atoms with Crippen LogP contribution in [0.3, 0.4) is 0 Å². The highest BCUT2D eigenvalue weighted by atomic mass is 16.5. The van der Waals surface area contributed by atoms with Gasteiger partial charge in [0.15, 0.2) is 11.5 Å². The average molecular weight is 444 g/mol. The maximum absolute atomic E-state index is 13.2. The number of ether oxygens (including phenoxy) is 2. The van der Waals surface area contributed by atoms with Crippen LogP contribution in [-0.2, 0) is 9.59 Å². The Hall–Kier alpha value is -2.77. The molecule has 2 aliphatic heterocycles. The normalized spacial score (nSPS) is 26.1. The Morgan fingerprint density at radius 2 is 1.94 bits per heavy atom. The van der Waals surface area contributed by atoms with Crippen molar-refractivity contribution in [3.05, 3.63) is 23.8 Å². The summed E-state index contributed by atoms with van der Waals surface area (Å²) in [5, 5.41) is 5.92. The van der Waals surface area contributed by atoms with Gasteiger partial charge in [0.05, 0.1) is 19.3 Å². The first-order valence-electron chi connectivity index (χ1n) is 11.6. The average Bonchev–Trinajstić information content (AvgIpc) is 2.92. The van der Waals surface area contributed by atoms with Crippen LogP contribution in [0.15, 0.2) is 18.2 Å². The van der Waals surface area contributed by atoms with Crippen molar-refractivity contribution in [3.8, 4) is 11.5 Å². The first-order valence-corrected chi connectivity index (χ1v) is 11.6. The molecule has 174 valence electrons. The molecule has 4 rings (SSSR count). The molecule has 32 heavy (non-hydrogen) atoms. The van der Waals surface area contributed by atoms with E-state index >= 15 is 0 Å². The van der Waals surface area contributed by atoms with Gasteiger partial charge < -0.3 is 20.1 Å². The number of hydrogen-bond acceptors (Lipinski definition) is 5. The number of carbonyl (C=O) groups excluding carboxylic acids is 3. The molecule has 3 aliphatic rings. The van der Waals surface area contributed by atoms with Gasteiger partial charge in [-0.05, 0) is 42.4 Å². The van der Waals surface area contributed by atoms with Gasteiger partial charge in [-0.25, -0.2) is 4.79 Å². The first kappa shape index (κ1) is 22.4. The van der Waals surface area contributed by atoms with Crippen LogP contribution in [0.5, 0.6) is 11.5 Å². The third-order valence-electron chi connectivity index (χ3n) is 6.92. The van der Waals surface area contributed by atoms with Gasteiger partial charge in [0.25, 0.3) is 5.91 Å². The van der Waals surface area contributed by atoms with Crippen LogP contribution in [0.4, 0.5) is 4.79 Å². The standard InChI is InChI=1S/C24H33N3O5/c1-15(2)21(17-8-9-18-19(13-17)32-12-6-11-31-18)25-20(28)14-27-22(29)24(26-23(27)30)10-5-4-7-16(24)3/h8-9,13,15-16,21H,4-7,10-12,14H2,1-3H3,(H,25,28)(H,26,30)/t16-,21+,24+/m1/s1. The molecule has 1 aromatic carbocycles. The van der Waals surface area contributed by atoms with Crippen LogP contribution in [0, 0.1) is 11.8 Å². The highest BCUT2D eigenvalue weighted by Crippen LogP contribution is 2.38. The predicted molar refractivity (Wildman–Crippen MR) is 118 cm³/mol. The van der Waals surface area contributed by atoms with Crippen LogP contribution >= 0.6 is 0 Å². The summed E-state index contributed by atoms with van der Waals surface area (Å²) < 4.78 is 11.5. The molecule has 3 atom stereocenters. The Labute approximate surface area is 189 Å². The highest BCUT2D eigenvalue weighted by molar-refractivity contribution is 6.09. The molecule has 0 radical (unpaired) electrons. The zero-order valence-electron chi connectivity index (χ0n) is 19.1. The minimum Gasteiger partial charge on any atom is -0.490 e. The molecular weight excluding hydrogens is 410 g/mol. The number of rotatable bonds is 5. The van der Waals surface area contributed by atoms with Crippen molar-refractivity contribution in [2.45, 2.75) is 64.5 Å². The molecule has 1 aliphatic carbocycles. The third kappa shape index (κ3) is 4.14. The minimum absolute atomic E-state index is 0.0611. The van der Waals surface area contributed by atoms with Crippen LogP contribution in [-0.4, -0.2) is 48.0 Å². The smallest absolute Gasteiger partial charge is 0.325 e. The summed E-state index contributed by atoms with van der Waals surface area (Å²) in [4.78, 5) is 39.8. The summed E-state index contributed by atoms with van der Waals surface area (Å²) in [6.45, 7) is 6.94. The first-order chi connectivity index (χ1) is 15.3. The van der Waals surface area contributed by atoms with Crippen molar-refractivity contribution in [1.29, 1.82) is 0 Å². The number of carbonyl (C=O) groups is 3. The van der Waals surface area contributed by atoms with Crippen molar-refractivity contribution in [1.82, 2.24) is 15.5 Å². The number of benzene rings is 1. The van der Waals surface area contributed by atoms with Crippen molar-refractivity contribution in [2.75, 3.05) is 19.8 Å². The van der Waals surface area contributed by atoms with Gasteiger partial charge in [-0.2, -0.15) is 0 Å². The van der Waals surface area contributed by atoms with E-state index in [2.05, 4.69) is 10.6 Å². The second-order valence-electron chi connectivity index (χ2n) is 9.49. The molecule has 1 aromatic rings. The maximum Gasteiger partial charge on any atom is 0.325 e. The quantitative estimate of drug-likeness (QED) is 0.682. The molecule has 1 saturated carbocycles. The number of imide groups is 1. The highest BCUT2D eigenvalue weighted by Gasteiger charge is 2.55. The number of urea groups is 1. The minimum atomic E-state index is -0.860. The Bertz CT molecular complexity index is 902. The van der Waals surface area contributed by atoms with Gasteiger partial charge in [-0.3, -0.25) is 14.5 Å². The lowest BCUT2D eigenvalue weighted by Gasteiger charge is -2.36. The number of fused-ring (bicyclic) bond motifs is 1. The van der Waals surface area contributed by atoms with Crippen LogP contribution in [0.2, 0.25) is 0 Å². The van der Waals surface area contributed by atoms with E-state index in [9.17, 15) is 14.4 Å². The van der Waals surface area contributed by atoms with E-state index in [0.717, 1.165) is 36.1 Å². The van der Waals surface area contributed by atoms with Crippen molar-refractivity contribution in [2.24, 2.45) is 11.8 Å². The fourth-order valence-electron chi connectivity index (χ4n) is 5.01. The van der Waals surface area contributed by atoms with Gasteiger partial charge in [0.1, 0.15) is 12.1 Å². The number of hydrogen-bond donors (Lipinski definition) is 2. The Morgan fingerprint density at radius 3 is 2.66 bits per heavy atom. The molecule has 0 bridgehead atoms. The number of nitrogens with zero attached hydrogens (tertiary/aromatic N) is 1. The van der Waals surface area contributed by atoms with E-state index < -0.39 is 11.6 Å². The Morgan fingerprint density at radius 1 is 1.19 bits per heavy atom. The molecule has 2 fully saturated rings. The molecule has 2 heterocycles. The summed E-state index contributed by atoms with van der Waals surface area (Å²) in [6.07, 6.45) is 4.29. The zero-order chi connectivity index (χ0) is 22.9. The fourth-order valence-corrected chi connectivity index (χ4v) is 5.01. The second kappa shape index (κ2) is 9.00. The van der Waals surface area contributed by atoms with Gasteiger partial charge in [0.2, 0.25) is 5.91 Å². The van der Waals surface area contributed by atoms with Gasteiger partial charge in [-0.15, -0.1) is 0 Å². The molecule has 0 unspecified atom stereocenters. The monoisotopic (exact) mass is 443 g/mol. The summed E-state index contributed by atoms with van der Waals surface area (Å²) in [7, 11) is 0. The number of nitrogens with one attached hydrogen (secondary N) is 2. The SMILES string of the molecule is CC(C)[C@H](NC(=O)CN1C(=O)N[C@]2(CCCC[C@H]2C)C1=O)c1ccc2c(c1)OCCCO2. The third-order valence-corrected chi connectivity index (χ3v) is 6.92. The topological polar surface area (TPSA) is 97.0 Å². The van der Waals surface area contributed by atoms with Crippen molar-refractivity contribution in [3.63, 3.8) is 0 Å². The van der Waals surface area contributed by atoms with E-state index in [1.165, 1.54) is 0 Å². The van der Waals surface area contributed by atoms with Crippen LogP contribution in [0.1, 0.15) is 64.5 Å². The van der Waals surface area contributed by atoms with E-state index in [1.807, 2.05) is 39.0 Å². The van der Waals surface area contributed by atoms with E-state index in [0.29, 0.717) is 31.1 Å². The maximum atomic E-state index is 13.2. The zero-order valence-corrected chi connectivity index (χ0v) is 19.1. The summed E-state index contributed by atoms with van der Waals surface area (Å²) in [6, 6.07) is 4.92. The molecule has 1 saturated heterocycles. The predicted octanol–water partition coefficient (Wildman–Crippen LogP) is 3.16. The van der Waals surface area contributed by atoms with Gasteiger partial charge in [-0.1, -0.05) is 39.7 Å². The molecule has 1 spiro atoms. The lowest BCUT2D eigenvalue weighted by Crippen LogP contribution is -2.54. The molecule has 4 amide bonds. The molecule has 2 N–H and O–H groups in total. The van der Waals surface area contributed by atoms with Crippen LogP contribution in [0.25, 0.3) is 0 Å². The lowest BCUT2D eigenvalue weighted by molar-refractivity contribution is -0.137. The van der Waals surface area contributed by atoms with E-state index in [-0.39, 0.29) is 36.2 Å². The van der Waals surface area contributed by atoms with Gasteiger partial charge >= 0.3 is 6.03 Å².